The van der Waals surface area contributed by atoms with E-state index in [0.717, 1.165) is 73.9 Å². The van der Waals surface area contributed by atoms with Crippen molar-refractivity contribution in [3.63, 3.8) is 0 Å². The molecule has 0 saturated heterocycles. The van der Waals surface area contributed by atoms with Crippen LogP contribution in [0.15, 0.2) is 93.3 Å². The summed E-state index contributed by atoms with van der Waals surface area (Å²) in [4.78, 5) is 36.2. The molecule has 2 aliphatic rings. The van der Waals surface area contributed by atoms with E-state index in [2.05, 4.69) is 38.1 Å². The molecular weight excluding hydrogens is 572 g/mol. The summed E-state index contributed by atoms with van der Waals surface area (Å²) in [7, 11) is 0. The molecule has 0 radical (unpaired) electrons. The van der Waals surface area contributed by atoms with Crippen molar-refractivity contribution in [1.82, 2.24) is 0 Å². The van der Waals surface area contributed by atoms with E-state index in [4.69, 9.17) is 9.98 Å². The molecule has 4 rings (SSSR count). The Hall–Kier alpha value is -3.80. The highest BCUT2D eigenvalue weighted by molar-refractivity contribution is 6.25. The maximum absolute atomic E-state index is 13.2. The lowest BCUT2D eigenvalue weighted by Gasteiger charge is -2.26. The number of allylic oxidation sites excluding steroid dienone is 4. The third-order valence-electron chi connectivity index (χ3n) is 9.20. The Kier molecular flexibility index (Phi) is 14.0. The lowest BCUT2D eigenvalue weighted by atomic mass is 9.78. The molecule has 2 fully saturated rings. The van der Waals surface area contributed by atoms with E-state index in [1.54, 1.807) is 0 Å². The van der Waals surface area contributed by atoms with Gasteiger partial charge in [0.1, 0.15) is 11.5 Å². The third-order valence-corrected chi connectivity index (χ3v) is 9.20. The number of ketones is 2. The van der Waals surface area contributed by atoms with E-state index in [1.807, 2.05) is 36.4 Å². The summed E-state index contributed by atoms with van der Waals surface area (Å²) in [6.45, 7) is 5.40. The topological polar surface area (TPSA) is 99.3 Å². The van der Waals surface area contributed by atoms with Gasteiger partial charge in [-0.3, -0.25) is 19.6 Å². The highest BCUT2D eigenvalue weighted by atomic mass is 16.3. The second-order valence-corrected chi connectivity index (χ2v) is 12.8. The van der Waals surface area contributed by atoms with Gasteiger partial charge in [-0.15, -0.1) is 0 Å². The minimum absolute atomic E-state index is 0.00332. The van der Waals surface area contributed by atoms with Crippen LogP contribution in [-0.2, 0) is 9.59 Å². The molecule has 0 bridgehead atoms. The smallest absolute Gasteiger partial charge is 0.168 e. The zero-order chi connectivity index (χ0) is 32.7. The van der Waals surface area contributed by atoms with Crippen LogP contribution in [0, 0.1) is 0 Å². The molecule has 2 aromatic carbocycles. The first kappa shape index (κ1) is 35.1. The minimum atomic E-state index is -0.00332. The zero-order valence-electron chi connectivity index (χ0n) is 27.8. The average molecular weight is 625 g/mol. The summed E-state index contributed by atoms with van der Waals surface area (Å²) in [5.41, 5.74) is 4.70. The number of hydrogen-bond donors (Lipinski definition) is 2. The van der Waals surface area contributed by atoms with Crippen LogP contribution < -0.4 is 0 Å². The van der Waals surface area contributed by atoms with Gasteiger partial charge in [-0.2, -0.15) is 0 Å². The van der Waals surface area contributed by atoms with Crippen LogP contribution in [0.3, 0.4) is 0 Å². The van der Waals surface area contributed by atoms with E-state index in [0.29, 0.717) is 62.8 Å². The van der Waals surface area contributed by atoms with Gasteiger partial charge in [0.15, 0.2) is 11.6 Å². The van der Waals surface area contributed by atoms with Crippen LogP contribution in [0.25, 0.3) is 0 Å². The first-order chi connectivity index (χ1) is 22.4. The van der Waals surface area contributed by atoms with E-state index < -0.39 is 0 Å². The standard InChI is InChI=1S/C40H52N2O4/c1-3-5-21-35(43)39-33(25-31(27-37(39)45)29-17-11-9-12-18-29)41-23-15-7-8-16-24-42-34-26-32(30-19-13-10-14-20-30)28-38(46)40(34)36(44)22-6-4-2/h9-14,17-20,31-32,43-44H,3-8,15-16,21-28H2,1-2H3/b39-35-,40-36+,41-33?,42-34?. The number of Topliss-reactive ketones (excluding diaryl/α,β-unsaturated/α-hetero) is 2. The molecule has 0 spiro atoms. The Labute approximate surface area is 275 Å². The summed E-state index contributed by atoms with van der Waals surface area (Å²) in [6.07, 6.45) is 10.5. The minimum Gasteiger partial charge on any atom is -0.511 e. The van der Waals surface area contributed by atoms with E-state index in [-0.39, 0.29) is 34.9 Å². The maximum Gasteiger partial charge on any atom is 0.168 e. The number of rotatable bonds is 15. The Morgan fingerprint density at radius 1 is 0.587 bits per heavy atom. The highest BCUT2D eigenvalue weighted by Crippen LogP contribution is 2.35. The molecule has 2 aromatic rings. The fourth-order valence-electron chi connectivity index (χ4n) is 6.60. The largest absolute Gasteiger partial charge is 0.511 e. The molecule has 0 aromatic heterocycles. The van der Waals surface area contributed by atoms with Crippen LogP contribution in [0.2, 0.25) is 0 Å². The molecule has 0 amide bonds. The molecule has 2 aliphatic carbocycles. The van der Waals surface area contributed by atoms with Crippen molar-refractivity contribution in [2.45, 2.75) is 116 Å². The summed E-state index contributed by atoms with van der Waals surface area (Å²) >= 11 is 0. The summed E-state index contributed by atoms with van der Waals surface area (Å²) in [6, 6.07) is 20.3. The molecule has 2 saturated carbocycles. The summed E-state index contributed by atoms with van der Waals surface area (Å²) in [5, 5.41) is 21.7. The molecule has 6 nitrogen and oxygen atoms in total. The fourth-order valence-corrected chi connectivity index (χ4v) is 6.60. The van der Waals surface area contributed by atoms with Gasteiger partial charge in [0, 0.05) is 50.2 Å². The Bertz CT molecular complexity index is 1310. The molecule has 2 unspecified atom stereocenters. The monoisotopic (exact) mass is 624 g/mol. The molecule has 2 atom stereocenters. The Morgan fingerprint density at radius 3 is 1.35 bits per heavy atom. The number of aliphatic hydroxyl groups excluding tert-OH is 2. The van der Waals surface area contributed by atoms with Gasteiger partial charge in [0.25, 0.3) is 0 Å². The second-order valence-electron chi connectivity index (χ2n) is 12.8. The van der Waals surface area contributed by atoms with E-state index >= 15 is 0 Å². The fraction of sp³-hybridized carbons (Fsp3) is 0.500. The normalized spacial score (nSPS) is 22.8. The van der Waals surface area contributed by atoms with Crippen LogP contribution in [0.1, 0.15) is 127 Å². The van der Waals surface area contributed by atoms with Crippen LogP contribution >= 0.6 is 0 Å². The zero-order valence-corrected chi connectivity index (χ0v) is 27.8. The third kappa shape index (κ3) is 9.85. The number of carbonyl (C=O) groups excluding carboxylic acids is 2. The second kappa shape index (κ2) is 18.4. The van der Waals surface area contributed by atoms with Crippen molar-refractivity contribution < 1.29 is 19.8 Å². The predicted octanol–water partition coefficient (Wildman–Crippen LogP) is 9.73. The number of aliphatic hydroxyl groups is 2. The van der Waals surface area contributed by atoms with Gasteiger partial charge in [-0.05, 0) is 61.5 Å². The summed E-state index contributed by atoms with van der Waals surface area (Å²) in [5.74, 6) is 0.556. The number of hydrogen-bond acceptors (Lipinski definition) is 6. The maximum atomic E-state index is 13.2. The molecule has 246 valence electrons. The van der Waals surface area contributed by atoms with Crippen molar-refractivity contribution in [2.24, 2.45) is 9.98 Å². The predicted molar refractivity (Wildman–Crippen MR) is 188 cm³/mol. The number of benzene rings is 2. The van der Waals surface area contributed by atoms with Gasteiger partial charge in [0.2, 0.25) is 0 Å². The lowest BCUT2D eigenvalue weighted by Crippen LogP contribution is -2.27. The average Bonchev–Trinajstić information content (AvgIpc) is 3.07. The quantitative estimate of drug-likeness (QED) is 0.117. The first-order valence-corrected chi connectivity index (χ1v) is 17.5. The Balaban J connectivity index is 1.35. The SMILES string of the molecule is CCCC/C(O)=C1/C(=O)CC(c2ccccc2)CC1=NCCCCCCN=C1CC(c2ccccc2)CC(=O)/C1=C(/O)CCCC. The lowest BCUT2D eigenvalue weighted by molar-refractivity contribution is -0.116. The van der Waals surface area contributed by atoms with Gasteiger partial charge in [-0.1, -0.05) is 100 Å². The molecule has 2 N–H and O–H groups in total. The number of unbranched alkanes of at least 4 members (excludes halogenated alkanes) is 5. The van der Waals surface area contributed by atoms with Crippen molar-refractivity contribution in [3.05, 3.63) is 94.5 Å². The number of carbonyl (C=O) groups is 2. The summed E-state index contributed by atoms with van der Waals surface area (Å²) < 4.78 is 0. The van der Waals surface area contributed by atoms with Crippen molar-refractivity contribution in [1.29, 1.82) is 0 Å². The van der Waals surface area contributed by atoms with Crippen LogP contribution in [0.5, 0.6) is 0 Å². The number of nitrogens with zero attached hydrogens (tertiary/aromatic N) is 2. The first-order valence-electron chi connectivity index (χ1n) is 17.5. The van der Waals surface area contributed by atoms with Crippen molar-refractivity contribution in [3.8, 4) is 0 Å². The van der Waals surface area contributed by atoms with Crippen molar-refractivity contribution >= 4 is 23.0 Å². The Morgan fingerprint density at radius 2 is 0.978 bits per heavy atom. The van der Waals surface area contributed by atoms with Gasteiger partial charge in [0.05, 0.1) is 11.1 Å². The van der Waals surface area contributed by atoms with Crippen LogP contribution in [-0.4, -0.2) is 46.3 Å². The molecular formula is C40H52N2O4. The van der Waals surface area contributed by atoms with Crippen LogP contribution in [0.4, 0.5) is 0 Å². The van der Waals surface area contributed by atoms with Gasteiger partial charge < -0.3 is 10.2 Å². The van der Waals surface area contributed by atoms with Gasteiger partial charge >= 0.3 is 0 Å². The van der Waals surface area contributed by atoms with E-state index in [1.165, 1.54) is 0 Å². The highest BCUT2D eigenvalue weighted by Gasteiger charge is 2.33. The molecule has 6 heteroatoms. The number of aliphatic imine (C=N–C) groups is 2. The molecule has 46 heavy (non-hydrogen) atoms. The van der Waals surface area contributed by atoms with Gasteiger partial charge in [-0.25, -0.2) is 0 Å². The molecule has 0 aliphatic heterocycles. The molecule has 0 heterocycles. The van der Waals surface area contributed by atoms with Crippen molar-refractivity contribution in [2.75, 3.05) is 13.1 Å². The van der Waals surface area contributed by atoms with E-state index in [9.17, 15) is 19.8 Å².